The Kier molecular flexibility index (Phi) is 7.13. The lowest BCUT2D eigenvalue weighted by molar-refractivity contribution is -0.890. The molecule has 1 aromatic rings. The van der Waals surface area contributed by atoms with Crippen molar-refractivity contribution < 1.29 is 14.4 Å². The number of hydrogen-bond donors (Lipinski definition) is 1. The molecule has 0 saturated carbocycles. The first kappa shape index (κ1) is 16.9. The van der Waals surface area contributed by atoms with Gasteiger partial charge in [0.2, 0.25) is 0 Å². The number of esters is 1. The molecule has 0 aliphatic carbocycles. The van der Waals surface area contributed by atoms with Gasteiger partial charge in [-0.3, -0.25) is 9.79 Å². The molecule has 5 nitrogen and oxygen atoms in total. The molecule has 0 spiro atoms. The van der Waals surface area contributed by atoms with Crippen molar-refractivity contribution in [3.8, 4) is 6.07 Å². The number of quaternary nitrogens is 1. The third-order valence-electron chi connectivity index (χ3n) is 3.12. The van der Waals surface area contributed by atoms with Gasteiger partial charge in [0, 0.05) is 11.8 Å². The molecule has 0 bridgehead atoms. The van der Waals surface area contributed by atoms with Crippen LogP contribution in [0, 0.1) is 17.2 Å². The lowest BCUT2D eigenvalue weighted by Crippen LogP contribution is -3.06. The normalized spacial score (nSPS) is 13.9. The van der Waals surface area contributed by atoms with Gasteiger partial charge < -0.3 is 9.64 Å². The van der Waals surface area contributed by atoms with Gasteiger partial charge in [-0.15, -0.1) is 0 Å². The van der Waals surface area contributed by atoms with E-state index in [-0.39, 0.29) is 12.6 Å². The van der Waals surface area contributed by atoms with Crippen LogP contribution in [0.5, 0.6) is 0 Å². The van der Waals surface area contributed by atoms with Gasteiger partial charge in [-0.25, -0.2) is 0 Å². The van der Waals surface area contributed by atoms with Crippen molar-refractivity contribution >= 4 is 12.2 Å². The van der Waals surface area contributed by atoms with E-state index in [9.17, 15) is 4.79 Å². The summed E-state index contributed by atoms with van der Waals surface area (Å²) in [5.41, 5.74) is 1.18. The molecule has 0 amide bonds. The van der Waals surface area contributed by atoms with Gasteiger partial charge in [0.1, 0.15) is 6.04 Å². The quantitative estimate of drug-likeness (QED) is 0.591. The van der Waals surface area contributed by atoms with Crippen molar-refractivity contribution in [2.45, 2.75) is 13.0 Å². The number of rotatable bonds is 7. The fourth-order valence-corrected chi connectivity index (χ4v) is 1.96. The first-order chi connectivity index (χ1) is 10.1. The van der Waals surface area contributed by atoms with E-state index >= 15 is 0 Å². The zero-order valence-electron chi connectivity index (χ0n) is 12.7. The van der Waals surface area contributed by atoms with E-state index < -0.39 is 11.9 Å². The highest BCUT2D eigenvalue weighted by molar-refractivity contribution is 5.92. The minimum absolute atomic E-state index is 0.184. The number of ether oxygens (including phenoxy) is 1. The van der Waals surface area contributed by atoms with E-state index in [1.165, 1.54) is 16.7 Å². The van der Waals surface area contributed by atoms with Gasteiger partial charge >= 0.3 is 5.97 Å². The maximum absolute atomic E-state index is 11.5. The summed E-state index contributed by atoms with van der Waals surface area (Å²) in [6, 6.07) is 12.2. The Morgan fingerprint density at radius 2 is 2.10 bits per heavy atom. The number of carbonyl (C=O) groups is 1. The minimum atomic E-state index is -0.932. The summed E-state index contributed by atoms with van der Waals surface area (Å²) in [6.07, 6.45) is 1.39. The third-order valence-corrected chi connectivity index (χ3v) is 3.12. The van der Waals surface area contributed by atoms with Crippen LogP contribution in [0.3, 0.4) is 0 Å². The van der Waals surface area contributed by atoms with Crippen LogP contribution in [0.15, 0.2) is 35.3 Å². The Morgan fingerprint density at radius 1 is 1.43 bits per heavy atom. The molecule has 0 aliphatic rings. The number of carbonyl (C=O) groups excluding carboxylic acids is 1. The summed E-state index contributed by atoms with van der Waals surface area (Å²) in [7, 11) is 4.11. The maximum atomic E-state index is 11.5. The molecule has 1 rings (SSSR count). The van der Waals surface area contributed by atoms with Gasteiger partial charge in [-0.1, -0.05) is 30.3 Å². The van der Waals surface area contributed by atoms with Crippen LogP contribution in [0.4, 0.5) is 0 Å². The Labute approximate surface area is 125 Å². The van der Waals surface area contributed by atoms with E-state index in [0.29, 0.717) is 6.54 Å². The number of nitrogens with zero attached hydrogens (tertiary/aromatic N) is 2. The molecule has 21 heavy (non-hydrogen) atoms. The average Bonchev–Trinajstić information content (AvgIpc) is 2.48. The van der Waals surface area contributed by atoms with Gasteiger partial charge in [0.25, 0.3) is 0 Å². The van der Waals surface area contributed by atoms with Gasteiger partial charge in [-0.05, 0) is 6.92 Å². The van der Waals surface area contributed by atoms with E-state index in [4.69, 9.17) is 10.00 Å². The second kappa shape index (κ2) is 8.88. The van der Waals surface area contributed by atoms with Crippen LogP contribution in [-0.4, -0.2) is 39.4 Å². The van der Waals surface area contributed by atoms with Crippen molar-refractivity contribution in [2.75, 3.05) is 27.2 Å². The van der Waals surface area contributed by atoms with Crippen molar-refractivity contribution in [3.05, 3.63) is 35.9 Å². The lowest BCUT2D eigenvalue weighted by Gasteiger charge is -2.20. The molecule has 0 heterocycles. The summed E-state index contributed by atoms with van der Waals surface area (Å²) < 4.78 is 4.83. The van der Waals surface area contributed by atoms with Gasteiger partial charge in [-0.2, -0.15) is 5.26 Å². The predicted octanol–water partition coefficient (Wildman–Crippen LogP) is 0.646. The molecule has 0 radical (unpaired) electrons. The summed E-state index contributed by atoms with van der Waals surface area (Å²) in [4.78, 5) is 17.0. The molecule has 0 aromatic heterocycles. The van der Waals surface area contributed by atoms with Crippen molar-refractivity contribution in [3.63, 3.8) is 0 Å². The monoisotopic (exact) mass is 288 g/mol. The minimum Gasteiger partial charge on any atom is -0.465 e. The number of benzene rings is 1. The molecule has 112 valence electrons. The zero-order valence-corrected chi connectivity index (χ0v) is 12.7. The number of aliphatic imine (C=N–C) groups is 1. The van der Waals surface area contributed by atoms with E-state index in [0.717, 1.165) is 0 Å². The van der Waals surface area contributed by atoms with Crippen LogP contribution in [0.25, 0.3) is 0 Å². The molecule has 5 heteroatoms. The maximum Gasteiger partial charge on any atom is 0.328 e. The molecule has 0 unspecified atom stereocenters. The van der Waals surface area contributed by atoms with Crippen LogP contribution in [0.2, 0.25) is 0 Å². The number of likely N-dealkylation sites (N-methyl/N-ethyl adjacent to an activating group) is 1. The summed E-state index contributed by atoms with van der Waals surface area (Å²) >= 11 is 0. The molecule has 1 N–H and O–H groups in total. The second-order valence-electron chi connectivity index (χ2n) is 4.91. The van der Waals surface area contributed by atoms with Crippen LogP contribution in [-0.2, 0) is 9.53 Å². The number of hydrogen-bond acceptors (Lipinski definition) is 4. The van der Waals surface area contributed by atoms with Crippen LogP contribution >= 0.6 is 0 Å². The summed E-state index contributed by atoms with van der Waals surface area (Å²) in [5.74, 6) is -1.48. The first-order valence-electron chi connectivity index (χ1n) is 7.01. The first-order valence-corrected chi connectivity index (χ1v) is 7.01. The van der Waals surface area contributed by atoms with Crippen LogP contribution < -0.4 is 4.90 Å². The summed E-state index contributed by atoms with van der Waals surface area (Å²) in [5, 5.41) is 8.97. The van der Waals surface area contributed by atoms with Crippen molar-refractivity contribution in [2.24, 2.45) is 10.9 Å². The fourth-order valence-electron chi connectivity index (χ4n) is 1.96. The molecule has 0 fully saturated rings. The Balaban J connectivity index is 2.71. The third kappa shape index (κ3) is 5.36. The van der Waals surface area contributed by atoms with Crippen LogP contribution in [0.1, 0.15) is 18.5 Å². The molecule has 1 aromatic carbocycles. The van der Waals surface area contributed by atoms with Crippen molar-refractivity contribution in [1.29, 1.82) is 5.26 Å². The van der Waals surface area contributed by atoms with Gasteiger partial charge in [0.15, 0.2) is 5.92 Å². The fraction of sp³-hybridized carbons (Fsp3) is 0.438. The highest BCUT2D eigenvalue weighted by Gasteiger charge is 2.19. The smallest absolute Gasteiger partial charge is 0.328 e. The second-order valence-corrected chi connectivity index (χ2v) is 4.91. The topological polar surface area (TPSA) is 66.9 Å². The standard InChI is InChI=1S/C16H21N3O2/c1-4-21-16(20)14(10-17)11-18-12-15(19(2)3)13-8-6-5-7-9-13/h5-9,11,14-15H,4,12H2,1-3H3/p+1/t14-,15-/m0/s1. The van der Waals surface area contributed by atoms with Gasteiger partial charge in [0.05, 0.1) is 33.3 Å². The Morgan fingerprint density at radius 3 is 2.62 bits per heavy atom. The highest BCUT2D eigenvalue weighted by atomic mass is 16.5. The average molecular weight is 288 g/mol. The number of nitrogens with one attached hydrogen (secondary N) is 1. The SMILES string of the molecule is CCOC(=O)[C@@H](C#N)C=NC[C@@H](c1ccccc1)[NH+](C)C. The van der Waals surface area contributed by atoms with E-state index in [1.54, 1.807) is 6.92 Å². The zero-order chi connectivity index (χ0) is 15.7. The van der Waals surface area contributed by atoms with Crippen molar-refractivity contribution in [1.82, 2.24) is 0 Å². The highest BCUT2D eigenvalue weighted by Crippen LogP contribution is 2.09. The predicted molar refractivity (Wildman–Crippen MR) is 81.1 cm³/mol. The lowest BCUT2D eigenvalue weighted by atomic mass is 10.1. The Hall–Kier alpha value is -2.19. The molecule has 2 atom stereocenters. The largest absolute Gasteiger partial charge is 0.465 e. The molecule has 0 saturated heterocycles. The van der Waals surface area contributed by atoms with E-state index in [1.807, 2.05) is 24.3 Å². The summed E-state index contributed by atoms with van der Waals surface area (Å²) in [6.45, 7) is 2.49. The molecular weight excluding hydrogens is 266 g/mol. The molecule has 0 aliphatic heterocycles. The van der Waals surface area contributed by atoms with E-state index in [2.05, 4.69) is 31.2 Å². The molecular formula is C16H22N3O2+. The number of nitriles is 1. The Bertz CT molecular complexity index is 506.